The molecule has 0 radical (unpaired) electrons. The lowest BCUT2D eigenvalue weighted by Crippen LogP contribution is -2.22. The van der Waals surface area contributed by atoms with Gasteiger partial charge in [-0.2, -0.15) is 0 Å². The number of aromatic nitrogens is 1. The number of aromatic carboxylic acids is 1. The number of nitrogens with zero attached hydrogens (tertiary/aromatic N) is 1. The summed E-state index contributed by atoms with van der Waals surface area (Å²) in [6.45, 7) is 1.89. The van der Waals surface area contributed by atoms with E-state index in [9.17, 15) is 9.90 Å². The third-order valence-electron chi connectivity index (χ3n) is 1.99. The Labute approximate surface area is 85.2 Å². The summed E-state index contributed by atoms with van der Waals surface area (Å²) in [5, 5.41) is 12.6. The normalized spacial score (nSPS) is 10.4. The highest BCUT2D eigenvalue weighted by atomic mass is 32.1. The van der Waals surface area contributed by atoms with Crippen molar-refractivity contribution in [3.05, 3.63) is 40.3 Å². The second-order valence-electron chi connectivity index (χ2n) is 2.97. The quantitative estimate of drug-likeness (QED) is 0.741. The van der Waals surface area contributed by atoms with E-state index in [4.69, 9.17) is 0 Å². The molecular weight excluding hydrogens is 198 g/mol. The Hall–Kier alpha value is -1.55. The topological polar surface area (TPSA) is 45.1 Å². The summed E-state index contributed by atoms with van der Waals surface area (Å²) in [6, 6.07) is 3.71. The van der Waals surface area contributed by atoms with E-state index in [1.54, 1.807) is 4.57 Å². The number of rotatable bonds is 2. The third kappa shape index (κ3) is 1.33. The van der Waals surface area contributed by atoms with Crippen LogP contribution in [0.5, 0.6) is 0 Å². The highest BCUT2D eigenvalue weighted by molar-refractivity contribution is 7.12. The highest BCUT2D eigenvalue weighted by Gasteiger charge is 2.10. The summed E-state index contributed by atoms with van der Waals surface area (Å²) >= 11 is 1.20. The molecule has 0 aliphatic heterocycles. The second-order valence-corrected chi connectivity index (χ2v) is 3.85. The molecule has 0 spiro atoms. The van der Waals surface area contributed by atoms with Gasteiger partial charge in [0.25, 0.3) is 0 Å². The molecule has 0 bridgehead atoms. The van der Waals surface area contributed by atoms with Gasteiger partial charge < -0.3 is 14.5 Å². The number of carbonyl (C=O) groups excluding carboxylic acids is 1. The van der Waals surface area contributed by atoms with Gasteiger partial charge in [0, 0.05) is 12.4 Å². The van der Waals surface area contributed by atoms with Crippen molar-refractivity contribution in [1.29, 1.82) is 0 Å². The Morgan fingerprint density at radius 1 is 1.43 bits per heavy atom. The summed E-state index contributed by atoms with van der Waals surface area (Å²) in [5.74, 6) is -1.12. The molecule has 72 valence electrons. The minimum absolute atomic E-state index is 0.277. The molecule has 4 heteroatoms. The lowest BCUT2D eigenvalue weighted by molar-refractivity contribution is -0.254. The van der Waals surface area contributed by atoms with E-state index in [1.165, 1.54) is 11.3 Å². The van der Waals surface area contributed by atoms with E-state index < -0.39 is 5.97 Å². The molecule has 0 aromatic carbocycles. The molecule has 0 N–H and O–H groups in total. The Kier molecular flexibility index (Phi) is 2.13. The van der Waals surface area contributed by atoms with Crippen LogP contribution in [0.25, 0.3) is 5.69 Å². The van der Waals surface area contributed by atoms with Crippen molar-refractivity contribution in [2.24, 2.45) is 0 Å². The van der Waals surface area contributed by atoms with Crippen LogP contribution < -0.4 is 5.11 Å². The summed E-state index contributed by atoms with van der Waals surface area (Å²) in [4.78, 5) is 11.1. The third-order valence-corrected chi connectivity index (χ3v) is 3.06. The number of hydrogen-bond donors (Lipinski definition) is 0. The Bertz CT molecular complexity index is 456. The summed E-state index contributed by atoms with van der Waals surface area (Å²) < 4.78 is 1.79. The molecule has 0 fully saturated rings. The van der Waals surface area contributed by atoms with Gasteiger partial charge in [-0.1, -0.05) is 0 Å². The second kappa shape index (κ2) is 3.31. The van der Waals surface area contributed by atoms with E-state index in [-0.39, 0.29) is 4.88 Å². The Morgan fingerprint density at radius 3 is 2.64 bits per heavy atom. The molecule has 0 saturated heterocycles. The fourth-order valence-electron chi connectivity index (χ4n) is 1.39. The van der Waals surface area contributed by atoms with E-state index in [0.29, 0.717) is 5.69 Å². The van der Waals surface area contributed by atoms with Gasteiger partial charge in [-0.3, -0.25) is 0 Å². The summed E-state index contributed by atoms with van der Waals surface area (Å²) in [7, 11) is 0. The monoisotopic (exact) mass is 206 g/mol. The van der Waals surface area contributed by atoms with Crippen LogP contribution in [-0.4, -0.2) is 10.5 Å². The first kappa shape index (κ1) is 9.02. The highest BCUT2D eigenvalue weighted by Crippen LogP contribution is 2.25. The molecule has 3 nitrogen and oxygen atoms in total. The van der Waals surface area contributed by atoms with Crippen LogP contribution in [0.15, 0.2) is 29.9 Å². The number of carboxylic acids is 1. The van der Waals surface area contributed by atoms with Crippen molar-refractivity contribution >= 4 is 17.3 Å². The van der Waals surface area contributed by atoms with Gasteiger partial charge in [0.1, 0.15) is 0 Å². The maximum Gasteiger partial charge on any atom is 0.0836 e. The van der Waals surface area contributed by atoms with Gasteiger partial charge in [0.15, 0.2) is 0 Å². The van der Waals surface area contributed by atoms with Crippen molar-refractivity contribution in [3.63, 3.8) is 0 Å². The zero-order valence-electron chi connectivity index (χ0n) is 7.56. The lowest BCUT2D eigenvalue weighted by atomic mass is 10.2. The van der Waals surface area contributed by atoms with Crippen LogP contribution in [-0.2, 0) is 0 Å². The Balaban J connectivity index is 2.62. The smallest absolute Gasteiger partial charge is 0.0836 e. The molecule has 14 heavy (non-hydrogen) atoms. The van der Waals surface area contributed by atoms with Gasteiger partial charge in [0.2, 0.25) is 0 Å². The van der Waals surface area contributed by atoms with Crippen LogP contribution >= 0.6 is 11.3 Å². The molecule has 2 aromatic rings. The minimum Gasteiger partial charge on any atom is -0.544 e. The van der Waals surface area contributed by atoms with E-state index in [2.05, 4.69) is 0 Å². The molecule has 0 aliphatic carbocycles. The van der Waals surface area contributed by atoms with E-state index in [0.717, 1.165) is 5.56 Å². The average molecular weight is 206 g/mol. The van der Waals surface area contributed by atoms with Crippen LogP contribution in [0.2, 0.25) is 0 Å². The lowest BCUT2D eigenvalue weighted by Gasteiger charge is -2.07. The van der Waals surface area contributed by atoms with Gasteiger partial charge in [-0.05, 0) is 30.0 Å². The molecule has 0 amide bonds. The standard InChI is InChI=1S/C10H9NO2S/c1-7-6-14-9(10(12)13)8(7)11-4-2-3-5-11/h2-6H,1H3,(H,12,13)/p-1. The van der Waals surface area contributed by atoms with Crippen LogP contribution in [0, 0.1) is 6.92 Å². The fraction of sp³-hybridized carbons (Fsp3) is 0.100. The number of hydrogen-bond acceptors (Lipinski definition) is 3. The number of carboxylic acid groups (broad SMARTS) is 1. The fourth-order valence-corrected chi connectivity index (χ4v) is 2.27. The van der Waals surface area contributed by atoms with Crippen molar-refractivity contribution < 1.29 is 9.90 Å². The van der Waals surface area contributed by atoms with Crippen LogP contribution in [0.1, 0.15) is 15.2 Å². The maximum atomic E-state index is 10.8. The number of aryl methyl sites for hydroxylation is 1. The molecule has 2 aromatic heterocycles. The average Bonchev–Trinajstić information content (AvgIpc) is 2.71. The molecule has 0 aliphatic rings. The number of thiophene rings is 1. The first-order valence-electron chi connectivity index (χ1n) is 4.13. The van der Waals surface area contributed by atoms with E-state index >= 15 is 0 Å². The van der Waals surface area contributed by atoms with Gasteiger partial charge in [0.05, 0.1) is 16.5 Å². The van der Waals surface area contributed by atoms with Crippen molar-refractivity contribution in [2.75, 3.05) is 0 Å². The zero-order valence-corrected chi connectivity index (χ0v) is 8.38. The number of carbonyl (C=O) groups is 1. The van der Waals surface area contributed by atoms with Gasteiger partial charge in [-0.25, -0.2) is 0 Å². The molecule has 2 rings (SSSR count). The molecule has 0 saturated carbocycles. The Morgan fingerprint density at radius 2 is 2.07 bits per heavy atom. The largest absolute Gasteiger partial charge is 0.544 e. The minimum atomic E-state index is -1.12. The SMILES string of the molecule is Cc1csc(C(=O)[O-])c1-n1cccc1. The predicted molar refractivity (Wildman–Crippen MR) is 52.7 cm³/mol. The van der Waals surface area contributed by atoms with Crippen LogP contribution in [0.3, 0.4) is 0 Å². The zero-order chi connectivity index (χ0) is 10.1. The van der Waals surface area contributed by atoms with Crippen molar-refractivity contribution in [3.8, 4) is 5.69 Å². The first-order valence-corrected chi connectivity index (χ1v) is 5.01. The van der Waals surface area contributed by atoms with E-state index in [1.807, 2.05) is 36.8 Å². The van der Waals surface area contributed by atoms with Crippen molar-refractivity contribution in [1.82, 2.24) is 4.57 Å². The molecule has 2 heterocycles. The van der Waals surface area contributed by atoms with Gasteiger partial charge in [-0.15, -0.1) is 11.3 Å². The molecular formula is C10H8NO2S-. The summed E-state index contributed by atoms with van der Waals surface area (Å²) in [6.07, 6.45) is 3.64. The summed E-state index contributed by atoms with van der Waals surface area (Å²) in [5.41, 5.74) is 1.66. The first-order chi connectivity index (χ1) is 6.70. The maximum absolute atomic E-state index is 10.8. The molecule has 0 atom stereocenters. The predicted octanol–water partition coefficient (Wildman–Crippen LogP) is 1.21. The van der Waals surface area contributed by atoms with Crippen LogP contribution in [0.4, 0.5) is 0 Å². The molecule has 0 unspecified atom stereocenters. The van der Waals surface area contributed by atoms with Crippen molar-refractivity contribution in [2.45, 2.75) is 6.92 Å². The van der Waals surface area contributed by atoms with Gasteiger partial charge >= 0.3 is 0 Å².